The number of nitrogens with two attached hydrogens (primary N) is 1. The molecule has 0 spiro atoms. The van der Waals surface area contributed by atoms with E-state index in [9.17, 15) is 4.39 Å². The molecule has 2 nitrogen and oxygen atoms in total. The maximum atomic E-state index is 13.6. The van der Waals surface area contributed by atoms with Crippen LogP contribution in [-0.4, -0.2) is 0 Å². The molecule has 0 saturated heterocycles. The summed E-state index contributed by atoms with van der Waals surface area (Å²) in [5.41, 5.74) is 9.39. The van der Waals surface area contributed by atoms with Gasteiger partial charge in [-0.3, -0.25) is 5.84 Å². The first-order valence-electron chi connectivity index (χ1n) is 6.74. The molecule has 0 aliphatic rings. The van der Waals surface area contributed by atoms with Crippen molar-refractivity contribution in [2.75, 3.05) is 0 Å². The van der Waals surface area contributed by atoms with Crippen molar-refractivity contribution >= 4 is 0 Å². The van der Waals surface area contributed by atoms with Crippen molar-refractivity contribution in [3.63, 3.8) is 0 Å². The monoisotopic (exact) mass is 272 g/mol. The number of rotatable bonds is 3. The number of nitrogens with one attached hydrogen (secondary N) is 1. The molecule has 3 heteroatoms. The highest BCUT2D eigenvalue weighted by molar-refractivity contribution is 5.45. The Kier molecular flexibility index (Phi) is 4.21. The largest absolute Gasteiger partial charge is 0.271 e. The Morgan fingerprint density at radius 2 is 1.55 bits per heavy atom. The van der Waals surface area contributed by atoms with E-state index < -0.39 is 0 Å². The summed E-state index contributed by atoms with van der Waals surface area (Å²) in [5.74, 6) is 5.52. The highest BCUT2D eigenvalue weighted by Gasteiger charge is 2.19. The standard InChI is InChI=1S/C17H21FN2/c1-10-7-12(3)16(13(4)8-10)17(20-19)15-9-14(18)6-5-11(15)2/h5-9,17,20H,19H2,1-4H3. The van der Waals surface area contributed by atoms with Gasteiger partial charge in [0.25, 0.3) is 0 Å². The van der Waals surface area contributed by atoms with Gasteiger partial charge in [0.2, 0.25) is 0 Å². The van der Waals surface area contributed by atoms with E-state index in [1.807, 2.05) is 6.92 Å². The molecule has 106 valence electrons. The number of hydrogen-bond donors (Lipinski definition) is 2. The van der Waals surface area contributed by atoms with Crippen LogP contribution in [0.5, 0.6) is 0 Å². The first kappa shape index (κ1) is 14.7. The lowest BCUT2D eigenvalue weighted by molar-refractivity contribution is 0.600. The van der Waals surface area contributed by atoms with Crippen LogP contribution in [0.15, 0.2) is 30.3 Å². The number of hydrogen-bond acceptors (Lipinski definition) is 2. The fourth-order valence-electron chi connectivity index (χ4n) is 2.90. The summed E-state index contributed by atoms with van der Waals surface area (Å²) in [6.07, 6.45) is 0. The number of aryl methyl sites for hydroxylation is 4. The molecule has 0 radical (unpaired) electrons. The highest BCUT2D eigenvalue weighted by Crippen LogP contribution is 2.30. The summed E-state index contributed by atoms with van der Waals surface area (Å²) in [6, 6.07) is 8.86. The Hall–Kier alpha value is -1.71. The van der Waals surface area contributed by atoms with Crippen LogP contribution in [-0.2, 0) is 0 Å². The van der Waals surface area contributed by atoms with E-state index in [1.165, 1.54) is 11.6 Å². The van der Waals surface area contributed by atoms with Crippen molar-refractivity contribution in [3.05, 3.63) is 69.5 Å². The molecular formula is C17H21FN2. The molecule has 1 atom stereocenters. The summed E-state index contributed by atoms with van der Waals surface area (Å²) in [6.45, 7) is 8.17. The first-order valence-corrected chi connectivity index (χ1v) is 6.74. The summed E-state index contributed by atoms with van der Waals surface area (Å²) in [4.78, 5) is 0. The number of hydrazine groups is 1. The molecule has 1 unspecified atom stereocenters. The number of halogens is 1. The zero-order chi connectivity index (χ0) is 14.9. The van der Waals surface area contributed by atoms with Gasteiger partial charge in [-0.2, -0.15) is 0 Å². The molecule has 0 fully saturated rings. The summed E-state index contributed by atoms with van der Waals surface area (Å²) in [5, 5.41) is 0. The third kappa shape index (κ3) is 2.74. The van der Waals surface area contributed by atoms with Crippen molar-refractivity contribution in [2.45, 2.75) is 33.7 Å². The molecule has 0 saturated carbocycles. The second-order valence-corrected chi connectivity index (χ2v) is 5.41. The Labute approximate surface area is 119 Å². The lowest BCUT2D eigenvalue weighted by atomic mass is 9.88. The Morgan fingerprint density at radius 1 is 0.950 bits per heavy atom. The molecular weight excluding hydrogens is 251 g/mol. The minimum atomic E-state index is -0.242. The molecule has 3 N–H and O–H groups in total. The summed E-state index contributed by atoms with van der Waals surface area (Å²) < 4.78 is 13.6. The molecule has 0 bridgehead atoms. The average Bonchev–Trinajstić information content (AvgIpc) is 2.37. The van der Waals surface area contributed by atoms with Crippen LogP contribution < -0.4 is 11.3 Å². The van der Waals surface area contributed by atoms with Crippen molar-refractivity contribution in [2.24, 2.45) is 5.84 Å². The molecule has 0 aliphatic heterocycles. The molecule has 2 rings (SSSR count). The fourth-order valence-corrected chi connectivity index (χ4v) is 2.90. The fraction of sp³-hybridized carbons (Fsp3) is 0.294. The Bertz CT molecular complexity index is 612. The van der Waals surface area contributed by atoms with E-state index in [0.29, 0.717) is 0 Å². The van der Waals surface area contributed by atoms with Crippen LogP contribution >= 0.6 is 0 Å². The average molecular weight is 272 g/mol. The van der Waals surface area contributed by atoms with Crippen molar-refractivity contribution in [3.8, 4) is 0 Å². The van der Waals surface area contributed by atoms with Gasteiger partial charge in [0.1, 0.15) is 5.82 Å². The van der Waals surface area contributed by atoms with Crippen LogP contribution in [0.3, 0.4) is 0 Å². The van der Waals surface area contributed by atoms with Gasteiger partial charge in [0.15, 0.2) is 0 Å². The zero-order valence-electron chi connectivity index (χ0n) is 12.4. The van der Waals surface area contributed by atoms with E-state index in [2.05, 4.69) is 38.3 Å². The van der Waals surface area contributed by atoms with E-state index >= 15 is 0 Å². The van der Waals surface area contributed by atoms with Gasteiger partial charge in [-0.1, -0.05) is 23.8 Å². The summed E-state index contributed by atoms with van der Waals surface area (Å²) >= 11 is 0. The normalized spacial score (nSPS) is 12.5. The highest BCUT2D eigenvalue weighted by atomic mass is 19.1. The van der Waals surface area contributed by atoms with Crippen LogP contribution in [0, 0.1) is 33.5 Å². The quantitative estimate of drug-likeness (QED) is 0.661. The van der Waals surface area contributed by atoms with Gasteiger partial charge in [0, 0.05) is 0 Å². The molecule has 0 aromatic heterocycles. The van der Waals surface area contributed by atoms with Gasteiger partial charge in [0.05, 0.1) is 6.04 Å². The van der Waals surface area contributed by atoms with Gasteiger partial charge in [-0.05, 0) is 67.6 Å². The Morgan fingerprint density at radius 3 is 2.10 bits per heavy atom. The van der Waals surface area contributed by atoms with Crippen molar-refractivity contribution in [1.29, 1.82) is 0 Å². The smallest absolute Gasteiger partial charge is 0.123 e. The molecule has 20 heavy (non-hydrogen) atoms. The lowest BCUT2D eigenvalue weighted by Gasteiger charge is -2.23. The molecule has 2 aromatic rings. The second kappa shape index (κ2) is 5.73. The first-order chi connectivity index (χ1) is 9.43. The minimum Gasteiger partial charge on any atom is -0.271 e. The van der Waals surface area contributed by atoms with E-state index in [-0.39, 0.29) is 11.9 Å². The van der Waals surface area contributed by atoms with Gasteiger partial charge in [-0.15, -0.1) is 0 Å². The van der Waals surface area contributed by atoms with Crippen molar-refractivity contribution < 1.29 is 4.39 Å². The zero-order valence-corrected chi connectivity index (χ0v) is 12.4. The third-order valence-corrected chi connectivity index (χ3v) is 3.75. The van der Waals surface area contributed by atoms with Crippen LogP contribution in [0.2, 0.25) is 0 Å². The van der Waals surface area contributed by atoms with Crippen LogP contribution in [0.4, 0.5) is 4.39 Å². The molecule has 0 heterocycles. The van der Waals surface area contributed by atoms with E-state index in [1.54, 1.807) is 12.1 Å². The minimum absolute atomic E-state index is 0.203. The van der Waals surface area contributed by atoms with Crippen LogP contribution in [0.25, 0.3) is 0 Å². The maximum Gasteiger partial charge on any atom is 0.123 e. The third-order valence-electron chi connectivity index (χ3n) is 3.75. The lowest BCUT2D eigenvalue weighted by Crippen LogP contribution is -2.30. The van der Waals surface area contributed by atoms with E-state index in [4.69, 9.17) is 5.84 Å². The number of benzene rings is 2. The van der Waals surface area contributed by atoms with Crippen molar-refractivity contribution in [1.82, 2.24) is 5.43 Å². The predicted octanol–water partition coefficient (Wildman–Crippen LogP) is 3.61. The summed E-state index contributed by atoms with van der Waals surface area (Å²) in [7, 11) is 0. The van der Waals surface area contributed by atoms with Gasteiger partial charge in [-0.25, -0.2) is 9.82 Å². The predicted molar refractivity (Wildman–Crippen MR) is 81.0 cm³/mol. The molecule has 0 amide bonds. The Balaban J connectivity index is 2.61. The van der Waals surface area contributed by atoms with Gasteiger partial charge >= 0.3 is 0 Å². The topological polar surface area (TPSA) is 38.0 Å². The second-order valence-electron chi connectivity index (χ2n) is 5.41. The van der Waals surface area contributed by atoms with E-state index in [0.717, 1.165) is 27.8 Å². The molecule has 2 aromatic carbocycles. The maximum absolute atomic E-state index is 13.6. The SMILES string of the molecule is Cc1cc(C)c(C(NN)c2cc(F)ccc2C)c(C)c1. The van der Waals surface area contributed by atoms with Gasteiger partial charge < -0.3 is 0 Å². The molecule has 0 aliphatic carbocycles. The van der Waals surface area contributed by atoms with Crippen LogP contribution in [0.1, 0.15) is 39.4 Å².